The first kappa shape index (κ1) is 11.8. The summed E-state index contributed by atoms with van der Waals surface area (Å²) in [5.74, 6) is 0. The minimum Gasteiger partial charge on any atom is -1.00 e. The maximum Gasteiger partial charge on any atom is 1.00 e. The van der Waals surface area contributed by atoms with Gasteiger partial charge in [-0.25, -0.2) is 0 Å². The van der Waals surface area contributed by atoms with Crippen LogP contribution < -0.4 is 29.6 Å². The van der Waals surface area contributed by atoms with E-state index in [4.69, 9.17) is 4.52 Å². The monoisotopic (exact) mass is 145 g/mol. The number of hydrogen-bond donors (Lipinski definition) is 0. The van der Waals surface area contributed by atoms with E-state index in [-0.39, 0.29) is 31.0 Å². The minimum absolute atomic E-state index is 0. The molecule has 0 aromatic rings. The Kier molecular flexibility index (Phi) is 11.9. The van der Waals surface area contributed by atoms with Crippen LogP contribution in [0.4, 0.5) is 0 Å². The molecule has 0 aliphatic heterocycles. The van der Waals surface area contributed by atoms with Crippen molar-refractivity contribution in [2.75, 3.05) is 12.8 Å². The molecule has 1 atom stereocenters. The van der Waals surface area contributed by atoms with Crippen LogP contribution in [-0.2, 0) is 9.09 Å². The summed E-state index contributed by atoms with van der Waals surface area (Å²) in [5.41, 5.74) is 0. The molecule has 0 rings (SSSR count). The molecule has 0 amide bonds. The fourth-order valence-corrected chi connectivity index (χ4v) is 0.706. The van der Waals surface area contributed by atoms with Crippen LogP contribution in [-0.4, -0.2) is 12.8 Å². The van der Waals surface area contributed by atoms with Crippen LogP contribution in [0, 0.1) is 0 Å². The predicted molar refractivity (Wildman–Crippen MR) is 30.9 cm³/mol. The molecule has 2 nitrogen and oxygen atoms in total. The van der Waals surface area contributed by atoms with Crippen molar-refractivity contribution in [3.63, 3.8) is 0 Å². The van der Waals surface area contributed by atoms with Crippen LogP contribution in [0.25, 0.3) is 0 Å². The normalized spacial score (nSPS) is 10.0. The third-order valence-electron chi connectivity index (χ3n) is 0.531. The summed E-state index contributed by atoms with van der Waals surface area (Å²) >= 11 is 0. The molecular weight excluding hydrogens is 134 g/mol. The van der Waals surface area contributed by atoms with Crippen molar-refractivity contribution in [2.24, 2.45) is 0 Å². The van der Waals surface area contributed by atoms with E-state index < -0.39 is 8.03 Å². The Labute approximate surface area is 74.6 Å². The molecule has 4 heteroatoms. The van der Waals surface area contributed by atoms with Crippen LogP contribution in [0.15, 0.2) is 0 Å². The smallest absolute Gasteiger partial charge is 1.00 e. The Morgan fingerprint density at radius 1 is 1.62 bits per heavy atom. The Bertz CT molecular complexity index is 71.6. The molecule has 8 heavy (non-hydrogen) atoms. The van der Waals surface area contributed by atoms with E-state index in [0.29, 0.717) is 12.8 Å². The molecule has 0 saturated heterocycles. The van der Waals surface area contributed by atoms with Gasteiger partial charge in [0.2, 0.25) is 0 Å². The first-order valence-electron chi connectivity index (χ1n) is 2.38. The first-order valence-corrected chi connectivity index (χ1v) is 3.75. The molecular formula is C4H11NaO2P+. The zero-order valence-electron chi connectivity index (χ0n) is 6.68. The average Bonchev–Trinajstić information content (AvgIpc) is 1.68. The van der Waals surface area contributed by atoms with E-state index in [2.05, 4.69) is 0 Å². The van der Waals surface area contributed by atoms with Gasteiger partial charge in [0.15, 0.2) is 6.16 Å². The molecule has 0 radical (unpaired) electrons. The van der Waals surface area contributed by atoms with Crippen LogP contribution in [0.5, 0.6) is 0 Å². The number of hydrogen-bond acceptors (Lipinski definition) is 2. The zero-order chi connectivity index (χ0) is 5.70. The molecule has 0 aliphatic carbocycles. The van der Waals surface area contributed by atoms with Gasteiger partial charge in [0, 0.05) is 0 Å². The van der Waals surface area contributed by atoms with E-state index in [9.17, 15) is 4.57 Å². The average molecular weight is 145 g/mol. The minimum atomic E-state index is -1.33. The maximum atomic E-state index is 10.3. The van der Waals surface area contributed by atoms with Gasteiger partial charge in [0.25, 0.3) is 0 Å². The molecule has 0 heterocycles. The first-order chi connectivity index (χ1) is 3.31. The van der Waals surface area contributed by atoms with Gasteiger partial charge in [-0.15, -0.1) is 4.52 Å². The second-order valence-corrected chi connectivity index (χ2v) is 2.62. The topological polar surface area (TPSA) is 26.3 Å². The molecule has 0 spiro atoms. The summed E-state index contributed by atoms with van der Waals surface area (Å²) in [6.45, 7) is 4.24. The fraction of sp³-hybridized carbons (Fsp3) is 1.00. The fourth-order valence-electron chi connectivity index (χ4n) is 0.235. The van der Waals surface area contributed by atoms with Gasteiger partial charge in [-0.05, 0) is 18.4 Å². The van der Waals surface area contributed by atoms with Gasteiger partial charge in [-0.1, -0.05) is 0 Å². The van der Waals surface area contributed by atoms with Crippen molar-refractivity contribution in [3.8, 4) is 0 Å². The summed E-state index contributed by atoms with van der Waals surface area (Å²) in [4.78, 5) is 0. The number of rotatable bonds is 3. The molecule has 1 unspecified atom stereocenters. The van der Waals surface area contributed by atoms with Gasteiger partial charge >= 0.3 is 37.6 Å². The third-order valence-corrected chi connectivity index (χ3v) is 1.59. The van der Waals surface area contributed by atoms with E-state index >= 15 is 0 Å². The standard InChI is InChI=1S/C4H10O2P.Na.H/c1-3-6-7(5)4-2;;/h3-4H2,1-2H3;;/q2*+1;-1. The maximum absolute atomic E-state index is 10.3. The largest absolute Gasteiger partial charge is 1.00 e. The summed E-state index contributed by atoms with van der Waals surface area (Å²) in [6.07, 6.45) is 0.628. The zero-order valence-corrected chi connectivity index (χ0v) is 8.57. The van der Waals surface area contributed by atoms with Crippen molar-refractivity contribution >= 4 is 8.03 Å². The molecule has 0 aliphatic rings. The summed E-state index contributed by atoms with van der Waals surface area (Å²) < 4.78 is 15.0. The van der Waals surface area contributed by atoms with Crippen molar-refractivity contribution in [3.05, 3.63) is 0 Å². The third kappa shape index (κ3) is 7.06. The van der Waals surface area contributed by atoms with E-state index in [1.165, 1.54) is 0 Å². The molecule has 44 valence electrons. The van der Waals surface area contributed by atoms with Crippen LogP contribution in [0.2, 0.25) is 0 Å². The second-order valence-electron chi connectivity index (χ2n) is 1.07. The Balaban J connectivity index is -0.000000180. The van der Waals surface area contributed by atoms with Gasteiger partial charge in [0.05, 0.1) is 6.61 Å². The molecule has 0 aromatic heterocycles. The molecule has 0 bridgehead atoms. The van der Waals surface area contributed by atoms with E-state index in [1.54, 1.807) is 0 Å². The molecule has 0 saturated carbocycles. The van der Waals surface area contributed by atoms with Gasteiger partial charge in [-0.3, -0.25) is 0 Å². The van der Waals surface area contributed by atoms with Crippen LogP contribution >= 0.6 is 8.03 Å². The van der Waals surface area contributed by atoms with Gasteiger partial charge in [0.1, 0.15) is 0 Å². The second kappa shape index (κ2) is 8.06. The quantitative estimate of drug-likeness (QED) is 0.372. The summed E-state index contributed by atoms with van der Waals surface area (Å²) in [5, 5.41) is 0. The van der Waals surface area contributed by atoms with Crippen molar-refractivity contribution in [1.82, 2.24) is 0 Å². The van der Waals surface area contributed by atoms with Crippen molar-refractivity contribution in [1.29, 1.82) is 0 Å². The van der Waals surface area contributed by atoms with Crippen LogP contribution in [0.3, 0.4) is 0 Å². The van der Waals surface area contributed by atoms with Gasteiger partial charge < -0.3 is 1.43 Å². The molecule has 0 aromatic carbocycles. The van der Waals surface area contributed by atoms with Crippen molar-refractivity contribution in [2.45, 2.75) is 13.8 Å². The molecule has 0 fully saturated rings. The molecule has 0 N–H and O–H groups in total. The van der Waals surface area contributed by atoms with E-state index in [0.717, 1.165) is 0 Å². The van der Waals surface area contributed by atoms with Crippen LogP contribution in [0.1, 0.15) is 15.3 Å². The van der Waals surface area contributed by atoms with E-state index in [1.807, 2.05) is 13.8 Å². The Morgan fingerprint density at radius 3 is 2.25 bits per heavy atom. The Hall–Kier alpha value is 1.06. The van der Waals surface area contributed by atoms with Gasteiger partial charge in [-0.2, -0.15) is 0 Å². The SMILES string of the molecule is CCO[P+](=O)CC.[H-].[Na+]. The predicted octanol–water partition coefficient (Wildman–Crippen LogP) is -1.10. The summed E-state index contributed by atoms with van der Waals surface area (Å²) in [6, 6.07) is 0. The van der Waals surface area contributed by atoms with Crippen molar-refractivity contribution < 1.29 is 40.1 Å². The summed E-state index contributed by atoms with van der Waals surface area (Å²) in [7, 11) is -1.33. The Morgan fingerprint density at radius 2 is 2.12 bits per heavy atom.